The van der Waals surface area contributed by atoms with Gasteiger partial charge in [0.25, 0.3) is 0 Å². The maximum Gasteiger partial charge on any atom is 0.226 e. The first-order chi connectivity index (χ1) is 14.0. The second-order valence-corrected chi connectivity index (χ2v) is 8.98. The van der Waals surface area contributed by atoms with E-state index in [9.17, 15) is 4.79 Å². The zero-order valence-corrected chi connectivity index (χ0v) is 18.5. The lowest BCUT2D eigenvalue weighted by atomic mass is 10.2. The van der Waals surface area contributed by atoms with Crippen LogP contribution >= 0.6 is 22.9 Å². The van der Waals surface area contributed by atoms with Gasteiger partial charge in [-0.15, -0.1) is 11.3 Å². The highest BCUT2D eigenvalue weighted by Crippen LogP contribution is 2.18. The van der Waals surface area contributed by atoms with Crippen molar-refractivity contribution in [3.63, 3.8) is 0 Å². The van der Waals surface area contributed by atoms with E-state index in [-0.39, 0.29) is 18.4 Å². The largest absolute Gasteiger partial charge is 0.486 e. The third-order valence-corrected chi connectivity index (χ3v) is 5.61. The Bertz CT molecular complexity index is 782. The molecule has 1 unspecified atom stereocenters. The molecule has 6 nitrogen and oxygen atoms in total. The Morgan fingerprint density at radius 3 is 2.97 bits per heavy atom. The molecule has 0 saturated carbocycles. The second-order valence-electron chi connectivity index (χ2n) is 7.60. The smallest absolute Gasteiger partial charge is 0.226 e. The Morgan fingerprint density at radius 2 is 2.21 bits per heavy atom. The molecule has 8 heteroatoms. The Balaban J connectivity index is 1.39. The van der Waals surface area contributed by atoms with Crippen LogP contribution < -0.4 is 10.1 Å². The molecule has 1 saturated heterocycles. The molecular formula is C21H28ClN3O3S. The van der Waals surface area contributed by atoms with Crippen LogP contribution in [0.5, 0.6) is 5.75 Å². The highest BCUT2D eigenvalue weighted by molar-refractivity contribution is 7.09. The number of halogens is 1. The monoisotopic (exact) mass is 437 g/mol. The zero-order chi connectivity index (χ0) is 20.6. The number of hydrogen-bond donors (Lipinski definition) is 1. The molecule has 1 aromatic carbocycles. The topological polar surface area (TPSA) is 63.7 Å². The molecule has 1 aliphatic heterocycles. The summed E-state index contributed by atoms with van der Waals surface area (Å²) in [5.74, 6) is 1.33. The van der Waals surface area contributed by atoms with Crippen LogP contribution in [-0.2, 0) is 22.6 Å². The van der Waals surface area contributed by atoms with Crippen LogP contribution in [-0.4, -0.2) is 54.7 Å². The molecule has 29 heavy (non-hydrogen) atoms. The van der Waals surface area contributed by atoms with Gasteiger partial charge in [-0.25, -0.2) is 4.98 Å². The molecule has 1 atom stereocenters. The van der Waals surface area contributed by atoms with Crippen molar-refractivity contribution >= 4 is 28.8 Å². The predicted molar refractivity (Wildman–Crippen MR) is 116 cm³/mol. The van der Waals surface area contributed by atoms with E-state index in [2.05, 4.69) is 29.0 Å². The molecule has 0 spiro atoms. The summed E-state index contributed by atoms with van der Waals surface area (Å²) in [5, 5.41) is 6.39. The Labute approximate surface area is 181 Å². The molecule has 1 aliphatic rings. The minimum absolute atomic E-state index is 0.0370. The van der Waals surface area contributed by atoms with Crippen molar-refractivity contribution in [1.29, 1.82) is 0 Å². The Hall–Kier alpha value is -1.67. The summed E-state index contributed by atoms with van der Waals surface area (Å²) in [7, 11) is 0. The molecule has 2 heterocycles. The fourth-order valence-corrected chi connectivity index (χ4v) is 4.04. The van der Waals surface area contributed by atoms with Gasteiger partial charge in [0, 0.05) is 36.6 Å². The van der Waals surface area contributed by atoms with Crippen LogP contribution in [0.25, 0.3) is 0 Å². The SMILES string of the molecule is CC(C)CN1CCOC(CNC(=O)Cc2csc(COc3ccc(Cl)cc3)n2)C1. The first-order valence-corrected chi connectivity index (χ1v) is 11.2. The van der Waals surface area contributed by atoms with Crippen LogP contribution in [0.15, 0.2) is 29.6 Å². The number of nitrogens with zero attached hydrogens (tertiary/aromatic N) is 2. The number of rotatable bonds is 9. The number of thiazole rings is 1. The maximum absolute atomic E-state index is 12.3. The lowest BCUT2D eigenvalue weighted by molar-refractivity contribution is -0.121. The molecule has 1 aromatic heterocycles. The van der Waals surface area contributed by atoms with E-state index < -0.39 is 0 Å². The van der Waals surface area contributed by atoms with Gasteiger partial charge < -0.3 is 14.8 Å². The summed E-state index contributed by atoms with van der Waals surface area (Å²) in [6.45, 7) is 8.94. The normalized spacial score (nSPS) is 17.4. The molecule has 0 aliphatic carbocycles. The molecule has 0 radical (unpaired) electrons. The molecule has 3 rings (SSSR count). The fourth-order valence-electron chi connectivity index (χ4n) is 3.21. The molecule has 0 bridgehead atoms. The Kier molecular flexibility index (Phi) is 8.29. The molecule has 2 aromatic rings. The van der Waals surface area contributed by atoms with Crippen LogP contribution in [0, 0.1) is 5.92 Å². The first kappa shape index (κ1) is 22.0. The van der Waals surface area contributed by atoms with Crippen molar-refractivity contribution in [1.82, 2.24) is 15.2 Å². The lowest BCUT2D eigenvalue weighted by Crippen LogP contribution is -2.48. The van der Waals surface area contributed by atoms with Crippen molar-refractivity contribution in [3.8, 4) is 5.75 Å². The van der Waals surface area contributed by atoms with Crippen LogP contribution in [0.2, 0.25) is 5.02 Å². The summed E-state index contributed by atoms with van der Waals surface area (Å²) >= 11 is 7.36. The average Bonchev–Trinajstić information content (AvgIpc) is 3.13. The van der Waals surface area contributed by atoms with Crippen LogP contribution in [0.4, 0.5) is 0 Å². The zero-order valence-electron chi connectivity index (χ0n) is 16.9. The summed E-state index contributed by atoms with van der Waals surface area (Å²) in [5.41, 5.74) is 0.758. The van der Waals surface area contributed by atoms with Crippen molar-refractivity contribution in [3.05, 3.63) is 45.4 Å². The molecule has 1 N–H and O–H groups in total. The van der Waals surface area contributed by atoms with E-state index in [1.54, 1.807) is 12.1 Å². The number of nitrogens with one attached hydrogen (secondary N) is 1. The predicted octanol–water partition coefficient (Wildman–Crippen LogP) is 3.39. The molecule has 1 fully saturated rings. The van der Waals surface area contributed by atoms with Gasteiger partial charge in [-0.05, 0) is 30.2 Å². The van der Waals surface area contributed by atoms with E-state index >= 15 is 0 Å². The number of aromatic nitrogens is 1. The maximum atomic E-state index is 12.3. The van der Waals surface area contributed by atoms with Gasteiger partial charge in [0.1, 0.15) is 17.4 Å². The van der Waals surface area contributed by atoms with Crippen LogP contribution in [0.3, 0.4) is 0 Å². The van der Waals surface area contributed by atoms with E-state index in [1.165, 1.54) is 11.3 Å². The molecule has 158 valence electrons. The third kappa shape index (κ3) is 7.59. The van der Waals surface area contributed by atoms with Crippen molar-refractivity contribution in [2.45, 2.75) is 33.0 Å². The number of ether oxygens (including phenoxy) is 2. The standard InChI is InChI=1S/C21H28ClN3O3S/c1-15(2)11-25-7-8-27-19(12-25)10-23-20(26)9-17-14-29-21(24-17)13-28-18-5-3-16(22)4-6-18/h3-6,14-15,19H,7-13H2,1-2H3,(H,23,26). The quantitative estimate of drug-likeness (QED) is 0.651. The summed E-state index contributed by atoms with van der Waals surface area (Å²) in [6, 6.07) is 7.21. The molecular weight excluding hydrogens is 410 g/mol. The van der Waals surface area contributed by atoms with Gasteiger partial charge in [0.2, 0.25) is 5.91 Å². The van der Waals surface area contributed by atoms with E-state index in [0.29, 0.717) is 24.1 Å². The number of amides is 1. The van der Waals surface area contributed by atoms with Gasteiger partial charge in [-0.1, -0.05) is 25.4 Å². The summed E-state index contributed by atoms with van der Waals surface area (Å²) < 4.78 is 11.5. The number of carbonyl (C=O) groups is 1. The minimum Gasteiger partial charge on any atom is -0.486 e. The van der Waals surface area contributed by atoms with Crippen molar-refractivity contribution in [2.24, 2.45) is 5.92 Å². The minimum atomic E-state index is -0.0370. The van der Waals surface area contributed by atoms with Gasteiger partial charge >= 0.3 is 0 Å². The average molecular weight is 438 g/mol. The van der Waals surface area contributed by atoms with Gasteiger partial charge in [0.15, 0.2) is 0 Å². The van der Waals surface area contributed by atoms with E-state index in [0.717, 1.165) is 42.7 Å². The van der Waals surface area contributed by atoms with Crippen LogP contribution in [0.1, 0.15) is 24.5 Å². The summed E-state index contributed by atoms with van der Waals surface area (Å²) in [4.78, 5) is 19.2. The number of morpholine rings is 1. The summed E-state index contributed by atoms with van der Waals surface area (Å²) in [6.07, 6.45) is 0.310. The van der Waals surface area contributed by atoms with Crippen molar-refractivity contribution in [2.75, 3.05) is 32.8 Å². The fraction of sp³-hybridized carbons (Fsp3) is 0.524. The highest BCUT2D eigenvalue weighted by Gasteiger charge is 2.21. The second kappa shape index (κ2) is 10.9. The van der Waals surface area contributed by atoms with E-state index in [1.807, 2.05) is 17.5 Å². The first-order valence-electron chi connectivity index (χ1n) is 9.90. The molecule has 1 amide bonds. The number of carbonyl (C=O) groups excluding carboxylic acids is 1. The van der Waals surface area contributed by atoms with Gasteiger partial charge in [-0.2, -0.15) is 0 Å². The lowest BCUT2D eigenvalue weighted by Gasteiger charge is -2.33. The number of hydrogen-bond acceptors (Lipinski definition) is 6. The number of benzene rings is 1. The third-order valence-electron chi connectivity index (χ3n) is 4.49. The van der Waals surface area contributed by atoms with E-state index in [4.69, 9.17) is 21.1 Å². The van der Waals surface area contributed by atoms with Gasteiger partial charge in [0.05, 0.1) is 24.8 Å². The van der Waals surface area contributed by atoms with Crippen molar-refractivity contribution < 1.29 is 14.3 Å². The van der Waals surface area contributed by atoms with Gasteiger partial charge in [-0.3, -0.25) is 9.69 Å². The Morgan fingerprint density at radius 1 is 1.41 bits per heavy atom. The highest BCUT2D eigenvalue weighted by atomic mass is 35.5.